The first kappa shape index (κ1) is 18.3. The summed E-state index contributed by atoms with van der Waals surface area (Å²) in [7, 11) is 0. The minimum absolute atomic E-state index is 0. The number of amides is 1. The fourth-order valence-electron chi connectivity index (χ4n) is 4.70. The lowest BCUT2D eigenvalue weighted by molar-refractivity contribution is 0.0578. The Kier molecular flexibility index (Phi) is 4.65. The minimum Gasteiger partial charge on any atom is -0.450 e. The van der Waals surface area contributed by atoms with Crippen molar-refractivity contribution in [2.24, 2.45) is 5.41 Å². The van der Waals surface area contributed by atoms with Crippen LogP contribution in [0.5, 0.6) is 0 Å². The van der Waals surface area contributed by atoms with E-state index in [1.165, 1.54) is 6.42 Å². The summed E-state index contributed by atoms with van der Waals surface area (Å²) >= 11 is 0. The third-order valence-electron chi connectivity index (χ3n) is 6.47. The molecule has 1 aromatic heterocycles. The Hall–Kier alpha value is -2.04. The second-order valence-electron chi connectivity index (χ2n) is 7.94. The summed E-state index contributed by atoms with van der Waals surface area (Å²) < 4.78 is 6.14. The smallest absolute Gasteiger partial charge is 0.289 e. The molecule has 3 heterocycles. The average Bonchev–Trinajstić information content (AvgIpc) is 3.27. The molecule has 27 heavy (non-hydrogen) atoms. The van der Waals surface area contributed by atoms with Gasteiger partial charge >= 0.3 is 0 Å². The molecule has 0 unspecified atom stereocenters. The van der Waals surface area contributed by atoms with Crippen LogP contribution in [-0.2, 0) is 0 Å². The molecule has 142 valence electrons. The van der Waals surface area contributed by atoms with Crippen LogP contribution in [0, 0.1) is 12.3 Å². The van der Waals surface area contributed by atoms with Crippen LogP contribution in [0.3, 0.4) is 0 Å². The molecular formula is C22H25ClN2O2. The Balaban J connectivity index is 0.00000180. The molecule has 4 nitrogen and oxygen atoms in total. The average molecular weight is 385 g/mol. The van der Waals surface area contributed by atoms with Crippen molar-refractivity contribution in [1.29, 1.82) is 0 Å². The normalized spacial score (nSPS) is 18.9. The summed E-state index contributed by atoms with van der Waals surface area (Å²) in [5.41, 5.74) is 2.20. The molecule has 0 aliphatic carbocycles. The summed E-state index contributed by atoms with van der Waals surface area (Å²) in [6, 6.07) is 12.4. The number of carbonyl (C=O) groups excluding carboxylic acids is 1. The monoisotopic (exact) mass is 384 g/mol. The quantitative estimate of drug-likeness (QED) is 0.670. The van der Waals surface area contributed by atoms with E-state index in [9.17, 15) is 4.79 Å². The van der Waals surface area contributed by atoms with Gasteiger partial charge in [-0.1, -0.05) is 36.4 Å². The van der Waals surface area contributed by atoms with E-state index in [1.807, 2.05) is 24.0 Å². The van der Waals surface area contributed by atoms with Crippen LogP contribution in [0.25, 0.3) is 21.7 Å². The second-order valence-corrected chi connectivity index (χ2v) is 7.94. The fraction of sp³-hybridized carbons (Fsp3) is 0.409. The number of carbonyl (C=O) groups is 1. The highest BCUT2D eigenvalue weighted by Gasteiger charge is 2.39. The molecule has 2 aliphatic heterocycles. The highest BCUT2D eigenvalue weighted by Crippen LogP contribution is 2.38. The fourth-order valence-corrected chi connectivity index (χ4v) is 4.70. The lowest BCUT2D eigenvalue weighted by atomic mass is 9.78. The van der Waals surface area contributed by atoms with Gasteiger partial charge in [0.2, 0.25) is 0 Å². The van der Waals surface area contributed by atoms with Crippen molar-refractivity contribution in [3.63, 3.8) is 0 Å². The predicted molar refractivity (Wildman–Crippen MR) is 111 cm³/mol. The number of likely N-dealkylation sites (tertiary alicyclic amines) is 1. The number of rotatable bonds is 1. The van der Waals surface area contributed by atoms with Gasteiger partial charge in [0.15, 0.2) is 5.76 Å². The zero-order valence-electron chi connectivity index (χ0n) is 15.6. The number of furan rings is 1. The topological polar surface area (TPSA) is 45.5 Å². The molecule has 0 atom stereocenters. The molecule has 2 saturated heterocycles. The number of nitrogens with zero attached hydrogens (tertiary/aromatic N) is 1. The Morgan fingerprint density at radius 2 is 1.85 bits per heavy atom. The van der Waals surface area contributed by atoms with Gasteiger partial charge in [-0.05, 0) is 43.5 Å². The van der Waals surface area contributed by atoms with Gasteiger partial charge in [0.05, 0.1) is 0 Å². The zero-order chi connectivity index (χ0) is 17.7. The molecule has 0 saturated carbocycles. The van der Waals surface area contributed by atoms with Crippen LogP contribution >= 0.6 is 12.4 Å². The minimum atomic E-state index is 0. The number of fused-ring (bicyclic) bond motifs is 3. The highest BCUT2D eigenvalue weighted by atomic mass is 35.5. The number of benzene rings is 2. The molecule has 1 amide bonds. The first-order valence-corrected chi connectivity index (χ1v) is 9.58. The van der Waals surface area contributed by atoms with E-state index in [0.717, 1.165) is 66.3 Å². The molecule has 0 radical (unpaired) electrons. The maximum absolute atomic E-state index is 13.1. The van der Waals surface area contributed by atoms with E-state index in [4.69, 9.17) is 4.42 Å². The molecule has 2 aromatic carbocycles. The third kappa shape index (κ3) is 2.91. The maximum atomic E-state index is 13.1. The van der Waals surface area contributed by atoms with Gasteiger partial charge in [0.25, 0.3) is 5.91 Å². The molecule has 0 bridgehead atoms. The molecular weight excluding hydrogens is 360 g/mol. The Bertz CT molecular complexity index is 994. The Morgan fingerprint density at radius 3 is 2.59 bits per heavy atom. The highest BCUT2D eigenvalue weighted by molar-refractivity contribution is 6.08. The van der Waals surface area contributed by atoms with Crippen molar-refractivity contribution < 1.29 is 9.21 Å². The summed E-state index contributed by atoms with van der Waals surface area (Å²) in [4.78, 5) is 15.1. The van der Waals surface area contributed by atoms with Gasteiger partial charge in [0.1, 0.15) is 5.58 Å². The van der Waals surface area contributed by atoms with Gasteiger partial charge in [-0.3, -0.25) is 4.79 Å². The molecule has 5 heteroatoms. The van der Waals surface area contributed by atoms with Crippen LogP contribution in [0.15, 0.2) is 40.8 Å². The summed E-state index contributed by atoms with van der Waals surface area (Å²) in [6.45, 7) is 5.88. The lowest BCUT2D eigenvalue weighted by Gasteiger charge is -2.38. The van der Waals surface area contributed by atoms with Crippen molar-refractivity contribution in [2.75, 3.05) is 26.2 Å². The van der Waals surface area contributed by atoms with Gasteiger partial charge in [-0.2, -0.15) is 0 Å². The lowest BCUT2D eigenvalue weighted by Crippen LogP contribution is -2.44. The molecule has 3 aromatic rings. The Morgan fingerprint density at radius 1 is 1.07 bits per heavy atom. The molecule has 1 spiro atoms. The van der Waals surface area contributed by atoms with Crippen LogP contribution in [0.1, 0.15) is 35.4 Å². The van der Waals surface area contributed by atoms with Crippen LogP contribution in [0.2, 0.25) is 0 Å². The van der Waals surface area contributed by atoms with Gasteiger partial charge in [-0.15, -0.1) is 12.4 Å². The summed E-state index contributed by atoms with van der Waals surface area (Å²) in [5, 5.41) is 6.73. The number of hydrogen-bond acceptors (Lipinski definition) is 3. The van der Waals surface area contributed by atoms with Crippen molar-refractivity contribution in [1.82, 2.24) is 10.2 Å². The predicted octanol–water partition coefficient (Wildman–Crippen LogP) is 4.53. The van der Waals surface area contributed by atoms with Crippen molar-refractivity contribution in [3.8, 4) is 0 Å². The van der Waals surface area contributed by atoms with Crippen molar-refractivity contribution >= 4 is 40.1 Å². The van der Waals surface area contributed by atoms with E-state index in [1.54, 1.807) is 0 Å². The van der Waals surface area contributed by atoms with Crippen LogP contribution in [-0.4, -0.2) is 37.0 Å². The Labute approximate surface area is 165 Å². The van der Waals surface area contributed by atoms with Crippen LogP contribution < -0.4 is 5.32 Å². The number of hydrogen-bond donors (Lipinski definition) is 1. The number of nitrogens with one attached hydrogen (secondary N) is 1. The molecule has 5 rings (SSSR count). The molecule has 1 N–H and O–H groups in total. The zero-order valence-corrected chi connectivity index (χ0v) is 16.4. The van der Waals surface area contributed by atoms with E-state index in [0.29, 0.717) is 11.2 Å². The van der Waals surface area contributed by atoms with Gasteiger partial charge < -0.3 is 14.6 Å². The van der Waals surface area contributed by atoms with E-state index in [2.05, 4.69) is 29.6 Å². The number of aryl methyl sites for hydroxylation is 1. The molecule has 2 fully saturated rings. The molecule has 2 aliphatic rings. The largest absolute Gasteiger partial charge is 0.450 e. The van der Waals surface area contributed by atoms with E-state index in [-0.39, 0.29) is 18.3 Å². The summed E-state index contributed by atoms with van der Waals surface area (Å²) in [5.74, 6) is 0.556. The van der Waals surface area contributed by atoms with Crippen LogP contribution in [0.4, 0.5) is 0 Å². The van der Waals surface area contributed by atoms with Gasteiger partial charge in [0, 0.05) is 36.0 Å². The van der Waals surface area contributed by atoms with E-state index >= 15 is 0 Å². The third-order valence-corrected chi connectivity index (χ3v) is 6.47. The number of piperidine rings is 1. The van der Waals surface area contributed by atoms with E-state index < -0.39 is 0 Å². The first-order chi connectivity index (χ1) is 12.7. The standard InChI is InChI=1S/C22H24N2O2.ClH/c1-15-17-7-6-16-4-2-3-5-18(16)20(17)26-19(15)21(25)24-12-9-22(10-13-24)8-11-23-14-22;/h2-7,23H,8-14H2,1H3;1H. The van der Waals surface area contributed by atoms with Crippen molar-refractivity contribution in [2.45, 2.75) is 26.2 Å². The van der Waals surface area contributed by atoms with Gasteiger partial charge in [-0.25, -0.2) is 0 Å². The second kappa shape index (κ2) is 6.84. The summed E-state index contributed by atoms with van der Waals surface area (Å²) in [6.07, 6.45) is 3.42. The maximum Gasteiger partial charge on any atom is 0.289 e. The SMILES string of the molecule is Cc1c(C(=O)N2CCC3(CCNC3)CC2)oc2c1ccc1ccccc12.Cl. The van der Waals surface area contributed by atoms with Crippen molar-refractivity contribution in [3.05, 3.63) is 47.7 Å². The number of halogens is 1. The first-order valence-electron chi connectivity index (χ1n) is 9.58.